The predicted molar refractivity (Wildman–Crippen MR) is 68.1 cm³/mol. The monoisotopic (exact) mass is 264 g/mol. The van der Waals surface area contributed by atoms with Crippen molar-refractivity contribution in [1.29, 1.82) is 0 Å². The standard InChI is InChI=1S/C15H20O4/c1-7-4-12-9(8(2)14(18)19-12)6-15(3)10(7)5-11(16)13(15)17/h7,9-10,12-13,17H,2,4-6H2,1,3H3. The van der Waals surface area contributed by atoms with Crippen LogP contribution < -0.4 is 0 Å². The van der Waals surface area contributed by atoms with Crippen molar-refractivity contribution < 1.29 is 19.4 Å². The molecule has 3 rings (SSSR count). The van der Waals surface area contributed by atoms with Crippen LogP contribution in [0.25, 0.3) is 0 Å². The first kappa shape index (κ1) is 12.9. The Morgan fingerprint density at radius 1 is 1.42 bits per heavy atom. The number of esters is 1. The SMILES string of the molecule is C=C1C(=O)OC2CC(C)C3CC(=O)C(O)C3(C)CC12. The molecule has 4 heteroatoms. The summed E-state index contributed by atoms with van der Waals surface area (Å²) in [6, 6.07) is 0. The number of aliphatic hydroxyl groups excluding tert-OH is 1. The molecule has 1 N–H and O–H groups in total. The van der Waals surface area contributed by atoms with E-state index in [0.29, 0.717) is 18.4 Å². The van der Waals surface area contributed by atoms with E-state index in [1.807, 2.05) is 6.92 Å². The van der Waals surface area contributed by atoms with Crippen molar-refractivity contribution in [3.05, 3.63) is 12.2 Å². The van der Waals surface area contributed by atoms with E-state index in [1.54, 1.807) is 0 Å². The Labute approximate surface area is 112 Å². The number of aliphatic hydroxyl groups is 1. The van der Waals surface area contributed by atoms with Gasteiger partial charge < -0.3 is 9.84 Å². The molecular weight excluding hydrogens is 244 g/mol. The zero-order valence-corrected chi connectivity index (χ0v) is 11.4. The molecule has 0 aromatic rings. The normalized spacial score (nSPS) is 49.6. The van der Waals surface area contributed by atoms with Gasteiger partial charge in [-0.25, -0.2) is 4.79 Å². The molecule has 0 spiro atoms. The molecular formula is C15H20O4. The van der Waals surface area contributed by atoms with Gasteiger partial charge in [-0.1, -0.05) is 20.4 Å². The van der Waals surface area contributed by atoms with Crippen LogP contribution in [0.3, 0.4) is 0 Å². The summed E-state index contributed by atoms with van der Waals surface area (Å²) in [6.45, 7) is 7.90. The van der Waals surface area contributed by atoms with E-state index in [9.17, 15) is 14.7 Å². The van der Waals surface area contributed by atoms with Gasteiger partial charge in [-0.2, -0.15) is 0 Å². The van der Waals surface area contributed by atoms with Crippen molar-refractivity contribution in [2.24, 2.45) is 23.2 Å². The largest absolute Gasteiger partial charge is 0.458 e. The predicted octanol–water partition coefficient (Wildman–Crippen LogP) is 1.47. The minimum Gasteiger partial charge on any atom is -0.458 e. The van der Waals surface area contributed by atoms with Crippen molar-refractivity contribution in [3.8, 4) is 0 Å². The van der Waals surface area contributed by atoms with Crippen LogP contribution in [0.5, 0.6) is 0 Å². The fourth-order valence-corrected chi connectivity index (χ4v) is 4.39. The highest BCUT2D eigenvalue weighted by Gasteiger charge is 2.58. The number of ketones is 1. The summed E-state index contributed by atoms with van der Waals surface area (Å²) in [5, 5.41) is 10.3. The second-order valence-electron chi connectivity index (χ2n) is 6.68. The topological polar surface area (TPSA) is 63.6 Å². The highest BCUT2D eigenvalue weighted by molar-refractivity contribution is 5.91. The molecule has 3 aliphatic rings. The molecule has 19 heavy (non-hydrogen) atoms. The smallest absolute Gasteiger partial charge is 0.334 e. The Kier molecular flexibility index (Phi) is 2.65. The highest BCUT2D eigenvalue weighted by Crippen LogP contribution is 2.55. The van der Waals surface area contributed by atoms with Crippen LogP contribution in [-0.2, 0) is 14.3 Å². The van der Waals surface area contributed by atoms with Crippen LogP contribution in [0.4, 0.5) is 0 Å². The minimum atomic E-state index is -0.915. The van der Waals surface area contributed by atoms with Gasteiger partial charge in [-0.15, -0.1) is 0 Å². The summed E-state index contributed by atoms with van der Waals surface area (Å²) in [4.78, 5) is 23.5. The maximum atomic E-state index is 11.9. The van der Waals surface area contributed by atoms with Crippen molar-refractivity contribution >= 4 is 11.8 Å². The Morgan fingerprint density at radius 2 is 2.11 bits per heavy atom. The molecule has 3 fully saturated rings. The third kappa shape index (κ3) is 1.62. The first-order valence-corrected chi connectivity index (χ1v) is 6.95. The summed E-state index contributed by atoms with van der Waals surface area (Å²) < 4.78 is 5.40. The molecule has 2 saturated carbocycles. The van der Waals surface area contributed by atoms with Crippen LogP contribution >= 0.6 is 0 Å². The van der Waals surface area contributed by atoms with Crippen LogP contribution in [0, 0.1) is 23.2 Å². The maximum absolute atomic E-state index is 11.9. The molecule has 0 radical (unpaired) electrons. The van der Waals surface area contributed by atoms with Gasteiger partial charge in [0.25, 0.3) is 0 Å². The van der Waals surface area contributed by atoms with E-state index in [-0.39, 0.29) is 35.6 Å². The second-order valence-corrected chi connectivity index (χ2v) is 6.68. The number of fused-ring (bicyclic) bond motifs is 2. The lowest BCUT2D eigenvalue weighted by molar-refractivity contribution is -0.139. The van der Waals surface area contributed by atoms with Crippen LogP contribution in [0.15, 0.2) is 12.2 Å². The molecule has 0 aromatic carbocycles. The summed E-state index contributed by atoms with van der Waals surface area (Å²) in [5.74, 6) is 0.00844. The first-order chi connectivity index (χ1) is 8.84. The van der Waals surface area contributed by atoms with Crippen molar-refractivity contribution in [2.45, 2.75) is 45.3 Å². The molecule has 1 heterocycles. The molecule has 0 amide bonds. The van der Waals surface area contributed by atoms with Crippen molar-refractivity contribution in [2.75, 3.05) is 0 Å². The molecule has 104 valence electrons. The van der Waals surface area contributed by atoms with Gasteiger partial charge in [-0.3, -0.25) is 4.79 Å². The Morgan fingerprint density at radius 3 is 2.79 bits per heavy atom. The van der Waals surface area contributed by atoms with E-state index in [4.69, 9.17) is 4.74 Å². The summed E-state index contributed by atoms with van der Waals surface area (Å²) in [6.07, 6.45) is 0.778. The molecule has 0 aromatic heterocycles. The third-order valence-corrected chi connectivity index (χ3v) is 5.57. The number of carbonyl (C=O) groups excluding carboxylic acids is 2. The lowest BCUT2D eigenvalue weighted by Crippen LogP contribution is -2.37. The van der Waals surface area contributed by atoms with Crippen LogP contribution in [0.2, 0.25) is 0 Å². The Hall–Kier alpha value is -1.16. The number of rotatable bonds is 0. The zero-order valence-electron chi connectivity index (χ0n) is 11.4. The number of carbonyl (C=O) groups is 2. The fraction of sp³-hybridized carbons (Fsp3) is 0.733. The van der Waals surface area contributed by atoms with E-state index in [0.717, 1.165) is 6.42 Å². The minimum absolute atomic E-state index is 0.0505. The molecule has 1 saturated heterocycles. The van der Waals surface area contributed by atoms with Gasteiger partial charge in [-0.05, 0) is 24.7 Å². The Balaban J connectivity index is 1.99. The van der Waals surface area contributed by atoms with Gasteiger partial charge in [0.1, 0.15) is 12.2 Å². The zero-order chi connectivity index (χ0) is 13.9. The molecule has 1 aliphatic heterocycles. The summed E-state index contributed by atoms with van der Waals surface area (Å²) in [7, 11) is 0. The lowest BCUT2D eigenvalue weighted by Gasteiger charge is -2.35. The van der Waals surface area contributed by atoms with Gasteiger partial charge in [0, 0.05) is 23.3 Å². The fourth-order valence-electron chi connectivity index (χ4n) is 4.39. The summed E-state index contributed by atoms with van der Waals surface area (Å²) >= 11 is 0. The molecule has 6 atom stereocenters. The van der Waals surface area contributed by atoms with Crippen molar-refractivity contribution in [1.82, 2.24) is 0 Å². The van der Waals surface area contributed by atoms with Crippen LogP contribution in [-0.4, -0.2) is 29.1 Å². The highest BCUT2D eigenvalue weighted by atomic mass is 16.6. The van der Waals surface area contributed by atoms with E-state index in [1.165, 1.54) is 0 Å². The van der Waals surface area contributed by atoms with Gasteiger partial charge in [0.15, 0.2) is 5.78 Å². The maximum Gasteiger partial charge on any atom is 0.334 e. The average molecular weight is 264 g/mol. The second kappa shape index (κ2) is 3.92. The summed E-state index contributed by atoms with van der Waals surface area (Å²) in [5.41, 5.74) is 0.0537. The number of hydrogen-bond donors (Lipinski definition) is 1. The number of Topliss-reactive ketones (excluding diaryl/α,β-unsaturated/α-hetero) is 1. The lowest BCUT2D eigenvalue weighted by atomic mass is 9.69. The van der Waals surface area contributed by atoms with E-state index < -0.39 is 11.5 Å². The first-order valence-electron chi connectivity index (χ1n) is 6.95. The molecule has 6 unspecified atom stereocenters. The van der Waals surface area contributed by atoms with Gasteiger partial charge in [0.2, 0.25) is 0 Å². The van der Waals surface area contributed by atoms with Gasteiger partial charge in [0.05, 0.1) is 0 Å². The van der Waals surface area contributed by atoms with Gasteiger partial charge >= 0.3 is 5.97 Å². The molecule has 4 nitrogen and oxygen atoms in total. The molecule has 0 bridgehead atoms. The average Bonchev–Trinajstić information content (AvgIpc) is 2.68. The quantitative estimate of drug-likeness (QED) is 0.531. The number of ether oxygens (including phenoxy) is 1. The number of hydrogen-bond acceptors (Lipinski definition) is 4. The van der Waals surface area contributed by atoms with E-state index in [2.05, 4.69) is 13.5 Å². The van der Waals surface area contributed by atoms with Crippen LogP contribution in [0.1, 0.15) is 33.1 Å². The van der Waals surface area contributed by atoms with Crippen molar-refractivity contribution in [3.63, 3.8) is 0 Å². The van der Waals surface area contributed by atoms with E-state index >= 15 is 0 Å². The Bertz CT molecular complexity index is 469. The molecule has 2 aliphatic carbocycles. The third-order valence-electron chi connectivity index (χ3n) is 5.57.